The maximum absolute atomic E-state index is 7.36. The molecule has 3 nitrogen and oxygen atoms in total. The van der Waals surface area contributed by atoms with E-state index in [1.807, 2.05) is 30.5 Å². The van der Waals surface area contributed by atoms with Crippen LogP contribution in [0.15, 0.2) is 47.4 Å². The van der Waals surface area contributed by atoms with Crippen LogP contribution >= 0.6 is 23.4 Å². The highest BCUT2D eigenvalue weighted by atomic mass is 35.5. The lowest BCUT2D eigenvalue weighted by Gasteiger charge is -2.08. The molecule has 0 heterocycles. The van der Waals surface area contributed by atoms with Crippen molar-refractivity contribution in [3.8, 4) is 11.5 Å². The van der Waals surface area contributed by atoms with Crippen LogP contribution in [0.5, 0.6) is 11.5 Å². The lowest BCUT2D eigenvalue weighted by Crippen LogP contribution is -2.11. The smallest absolute Gasteiger partial charge is 0.128 e. The van der Waals surface area contributed by atoms with Gasteiger partial charge in [-0.1, -0.05) is 11.6 Å². The van der Waals surface area contributed by atoms with Gasteiger partial charge in [-0.2, -0.15) is 0 Å². The number of hydrogen-bond donors (Lipinski definition) is 2. The number of rotatable bonds is 4. The summed E-state index contributed by atoms with van der Waals surface area (Å²) in [6.45, 7) is 0. The van der Waals surface area contributed by atoms with Gasteiger partial charge in [0.1, 0.15) is 17.3 Å². The van der Waals surface area contributed by atoms with Crippen molar-refractivity contribution >= 4 is 29.2 Å². The predicted octanol–water partition coefficient (Wildman–Crippen LogP) is 4.14. The lowest BCUT2D eigenvalue weighted by atomic mass is 10.2. The number of nitrogens with two attached hydrogens (primary N) is 1. The van der Waals surface area contributed by atoms with E-state index in [2.05, 4.69) is 0 Å². The minimum atomic E-state index is -0.0547. The summed E-state index contributed by atoms with van der Waals surface area (Å²) < 4.78 is 5.69. The van der Waals surface area contributed by atoms with Gasteiger partial charge in [0.2, 0.25) is 0 Å². The summed E-state index contributed by atoms with van der Waals surface area (Å²) in [6.07, 6.45) is 2.02. The number of hydrogen-bond acceptors (Lipinski definition) is 3. The molecule has 0 aliphatic rings. The Morgan fingerprint density at radius 2 is 1.79 bits per heavy atom. The average molecular weight is 293 g/mol. The van der Waals surface area contributed by atoms with Crippen molar-refractivity contribution in [2.75, 3.05) is 6.26 Å². The summed E-state index contributed by atoms with van der Waals surface area (Å²) in [5, 5.41) is 7.77. The molecular weight excluding hydrogens is 280 g/mol. The highest BCUT2D eigenvalue weighted by molar-refractivity contribution is 7.98. The predicted molar refractivity (Wildman–Crippen MR) is 80.8 cm³/mol. The number of benzene rings is 2. The summed E-state index contributed by atoms with van der Waals surface area (Å²) in [5.41, 5.74) is 5.91. The monoisotopic (exact) mass is 292 g/mol. The molecular formula is C14H13ClN2OS. The quantitative estimate of drug-likeness (QED) is 0.506. The van der Waals surface area contributed by atoms with E-state index in [9.17, 15) is 0 Å². The Morgan fingerprint density at radius 3 is 2.32 bits per heavy atom. The summed E-state index contributed by atoms with van der Waals surface area (Å²) in [7, 11) is 0. The van der Waals surface area contributed by atoms with Crippen LogP contribution in [-0.4, -0.2) is 12.1 Å². The molecule has 0 radical (unpaired) electrons. The molecule has 98 valence electrons. The van der Waals surface area contributed by atoms with Gasteiger partial charge >= 0.3 is 0 Å². The normalized spacial score (nSPS) is 10.2. The van der Waals surface area contributed by atoms with Crippen molar-refractivity contribution < 1.29 is 4.74 Å². The van der Waals surface area contributed by atoms with E-state index in [1.54, 1.807) is 30.0 Å². The van der Waals surface area contributed by atoms with E-state index < -0.39 is 0 Å². The second kappa shape index (κ2) is 5.99. The second-order valence-electron chi connectivity index (χ2n) is 3.83. The number of ether oxygens (including phenoxy) is 1. The highest BCUT2D eigenvalue weighted by Gasteiger charge is 2.06. The Kier molecular flexibility index (Phi) is 4.35. The van der Waals surface area contributed by atoms with Crippen LogP contribution in [0.4, 0.5) is 0 Å². The van der Waals surface area contributed by atoms with E-state index in [-0.39, 0.29) is 5.84 Å². The van der Waals surface area contributed by atoms with Gasteiger partial charge in [-0.3, -0.25) is 5.41 Å². The largest absolute Gasteiger partial charge is 0.457 e. The standard InChI is InChI=1S/C14H13ClN2OS/c1-19-11-5-2-9(3-6-11)18-10-4-7-12(14(16)17)13(15)8-10/h2-8H,1H3,(H3,16,17). The maximum Gasteiger partial charge on any atom is 0.128 e. The first-order valence-electron chi connectivity index (χ1n) is 5.56. The zero-order valence-electron chi connectivity index (χ0n) is 10.3. The Labute approximate surface area is 121 Å². The van der Waals surface area contributed by atoms with Crippen molar-refractivity contribution in [1.82, 2.24) is 0 Å². The molecule has 3 N–H and O–H groups in total. The van der Waals surface area contributed by atoms with Crippen molar-refractivity contribution in [3.63, 3.8) is 0 Å². The first kappa shape index (κ1) is 13.8. The molecule has 0 aromatic heterocycles. The summed E-state index contributed by atoms with van der Waals surface area (Å²) >= 11 is 7.71. The van der Waals surface area contributed by atoms with E-state index in [0.29, 0.717) is 16.3 Å². The Hall–Kier alpha value is -1.65. The van der Waals surface area contributed by atoms with Gasteiger partial charge in [0.25, 0.3) is 0 Å². The summed E-state index contributed by atoms with van der Waals surface area (Å²) in [4.78, 5) is 1.18. The van der Waals surface area contributed by atoms with Crippen LogP contribution in [0.2, 0.25) is 5.02 Å². The van der Waals surface area contributed by atoms with Crippen molar-refractivity contribution in [3.05, 3.63) is 53.1 Å². The van der Waals surface area contributed by atoms with Gasteiger partial charge < -0.3 is 10.5 Å². The Bertz CT molecular complexity index is 599. The fourth-order valence-corrected chi connectivity index (χ4v) is 2.24. The van der Waals surface area contributed by atoms with Crippen molar-refractivity contribution in [2.45, 2.75) is 4.90 Å². The number of amidine groups is 1. The van der Waals surface area contributed by atoms with Crippen LogP contribution in [0.25, 0.3) is 0 Å². The SMILES string of the molecule is CSc1ccc(Oc2ccc(C(=N)N)c(Cl)c2)cc1. The lowest BCUT2D eigenvalue weighted by molar-refractivity contribution is 0.482. The third-order valence-corrected chi connectivity index (χ3v) is 3.58. The topological polar surface area (TPSA) is 59.1 Å². The van der Waals surface area contributed by atoms with Gasteiger partial charge in [-0.05, 0) is 42.7 Å². The molecule has 0 aliphatic carbocycles. The molecule has 0 bridgehead atoms. The zero-order valence-corrected chi connectivity index (χ0v) is 11.9. The van der Waals surface area contributed by atoms with Crippen molar-refractivity contribution in [2.24, 2.45) is 5.73 Å². The molecule has 2 rings (SSSR count). The molecule has 0 spiro atoms. The first-order valence-corrected chi connectivity index (χ1v) is 7.16. The maximum atomic E-state index is 7.36. The van der Waals surface area contributed by atoms with Crippen LogP contribution in [0.3, 0.4) is 0 Å². The Morgan fingerprint density at radius 1 is 1.16 bits per heavy atom. The molecule has 2 aromatic carbocycles. The van der Waals surface area contributed by atoms with Crippen molar-refractivity contribution in [1.29, 1.82) is 5.41 Å². The first-order chi connectivity index (χ1) is 9.10. The van der Waals surface area contributed by atoms with E-state index in [0.717, 1.165) is 5.75 Å². The average Bonchev–Trinajstić information content (AvgIpc) is 2.39. The number of nitrogens with one attached hydrogen (secondary N) is 1. The minimum Gasteiger partial charge on any atom is -0.457 e. The van der Waals surface area contributed by atoms with Gasteiger partial charge in [0.05, 0.1) is 5.02 Å². The molecule has 0 unspecified atom stereocenters. The summed E-state index contributed by atoms with van der Waals surface area (Å²) in [5.74, 6) is 1.30. The Balaban J connectivity index is 2.18. The molecule has 0 amide bonds. The third kappa shape index (κ3) is 3.43. The molecule has 0 saturated carbocycles. The zero-order chi connectivity index (χ0) is 13.8. The number of halogens is 1. The third-order valence-electron chi connectivity index (χ3n) is 2.53. The fourth-order valence-electron chi connectivity index (χ4n) is 1.56. The van der Waals surface area contributed by atoms with E-state index >= 15 is 0 Å². The van der Waals surface area contributed by atoms with Crippen LogP contribution in [0, 0.1) is 5.41 Å². The molecule has 0 fully saturated rings. The molecule has 5 heteroatoms. The molecule has 2 aromatic rings. The van der Waals surface area contributed by atoms with E-state index in [1.165, 1.54) is 4.90 Å². The van der Waals surface area contributed by atoms with Crippen LogP contribution < -0.4 is 10.5 Å². The van der Waals surface area contributed by atoms with Gasteiger partial charge in [-0.15, -0.1) is 11.8 Å². The molecule has 0 atom stereocenters. The molecule has 0 aliphatic heterocycles. The highest BCUT2D eigenvalue weighted by Crippen LogP contribution is 2.27. The fraction of sp³-hybridized carbons (Fsp3) is 0.0714. The van der Waals surface area contributed by atoms with Gasteiger partial charge in [0, 0.05) is 16.5 Å². The van der Waals surface area contributed by atoms with Crippen LogP contribution in [-0.2, 0) is 0 Å². The number of nitrogen functional groups attached to an aromatic ring is 1. The minimum absolute atomic E-state index is 0.0547. The molecule has 0 saturated heterocycles. The van der Waals surface area contributed by atoms with Gasteiger partial charge in [0.15, 0.2) is 0 Å². The molecule has 19 heavy (non-hydrogen) atoms. The van der Waals surface area contributed by atoms with Gasteiger partial charge in [-0.25, -0.2) is 0 Å². The van der Waals surface area contributed by atoms with Crippen LogP contribution in [0.1, 0.15) is 5.56 Å². The summed E-state index contributed by atoms with van der Waals surface area (Å²) in [6, 6.07) is 12.9. The number of thioether (sulfide) groups is 1. The van der Waals surface area contributed by atoms with E-state index in [4.69, 9.17) is 27.5 Å². The second-order valence-corrected chi connectivity index (χ2v) is 5.12.